The van der Waals surface area contributed by atoms with Crippen LogP contribution in [0.15, 0.2) is 46.0 Å². The number of para-hydroxylation sites is 2. The van der Waals surface area contributed by atoms with Crippen molar-refractivity contribution in [3.8, 4) is 0 Å². The molecule has 2 heterocycles. The van der Waals surface area contributed by atoms with Gasteiger partial charge in [0.1, 0.15) is 0 Å². The molecule has 0 saturated heterocycles. The third-order valence-electron chi connectivity index (χ3n) is 2.98. The molecule has 1 aromatic carbocycles. The normalized spacial score (nSPS) is 11.3. The molecule has 5 nitrogen and oxygen atoms in total. The van der Waals surface area contributed by atoms with Crippen LogP contribution in [0.5, 0.6) is 0 Å². The van der Waals surface area contributed by atoms with Gasteiger partial charge in [-0.3, -0.25) is 4.79 Å². The number of thioether (sulfide) groups is 1. The van der Waals surface area contributed by atoms with E-state index in [-0.39, 0.29) is 11.7 Å². The van der Waals surface area contributed by atoms with Crippen molar-refractivity contribution in [2.24, 2.45) is 5.10 Å². The predicted octanol–water partition coefficient (Wildman–Crippen LogP) is 3.18. The second-order valence-corrected chi connectivity index (χ2v) is 6.52. The van der Waals surface area contributed by atoms with E-state index >= 15 is 0 Å². The van der Waals surface area contributed by atoms with Crippen LogP contribution >= 0.6 is 23.1 Å². The van der Waals surface area contributed by atoms with Crippen LogP contribution < -0.4 is 5.43 Å². The number of aromatic amines is 1. The Morgan fingerprint density at radius 1 is 1.45 bits per heavy atom. The number of nitrogens with one attached hydrogen (secondary N) is 2. The number of hydrazone groups is 1. The van der Waals surface area contributed by atoms with Crippen molar-refractivity contribution in [3.63, 3.8) is 0 Å². The Hall–Kier alpha value is -2.12. The highest BCUT2D eigenvalue weighted by Gasteiger charge is 2.06. The summed E-state index contributed by atoms with van der Waals surface area (Å²) in [6.07, 6.45) is 1.67. The van der Waals surface area contributed by atoms with Gasteiger partial charge >= 0.3 is 0 Å². The maximum absolute atomic E-state index is 11.8. The number of hydrogen-bond donors (Lipinski definition) is 2. The average molecular weight is 330 g/mol. The maximum atomic E-state index is 11.8. The van der Waals surface area contributed by atoms with Gasteiger partial charge in [-0.05, 0) is 36.1 Å². The molecule has 0 saturated carbocycles. The lowest BCUT2D eigenvalue weighted by Gasteiger charge is -1.97. The molecule has 2 aromatic heterocycles. The van der Waals surface area contributed by atoms with Gasteiger partial charge in [0, 0.05) is 4.88 Å². The van der Waals surface area contributed by atoms with Crippen LogP contribution in [0.2, 0.25) is 0 Å². The topological polar surface area (TPSA) is 70.1 Å². The molecule has 0 atom stereocenters. The zero-order valence-corrected chi connectivity index (χ0v) is 13.5. The Balaban J connectivity index is 1.52. The maximum Gasteiger partial charge on any atom is 0.250 e. The molecule has 0 aliphatic heterocycles. The molecule has 0 fully saturated rings. The number of imidazole rings is 1. The van der Waals surface area contributed by atoms with E-state index in [2.05, 4.69) is 20.5 Å². The van der Waals surface area contributed by atoms with E-state index in [0.717, 1.165) is 26.6 Å². The molecule has 3 rings (SSSR count). The number of carbonyl (C=O) groups is 1. The monoisotopic (exact) mass is 330 g/mol. The van der Waals surface area contributed by atoms with Crippen LogP contribution in [0.3, 0.4) is 0 Å². The highest BCUT2D eigenvalue weighted by molar-refractivity contribution is 7.99. The van der Waals surface area contributed by atoms with Crippen LogP contribution in [-0.4, -0.2) is 27.8 Å². The summed E-state index contributed by atoms with van der Waals surface area (Å²) < 4.78 is 0. The molecule has 3 aromatic rings. The molecule has 0 radical (unpaired) electrons. The number of thiophene rings is 1. The first-order valence-electron chi connectivity index (χ1n) is 6.66. The smallest absolute Gasteiger partial charge is 0.250 e. The molecule has 7 heteroatoms. The van der Waals surface area contributed by atoms with E-state index in [1.165, 1.54) is 11.8 Å². The van der Waals surface area contributed by atoms with Crippen LogP contribution in [0.25, 0.3) is 11.0 Å². The van der Waals surface area contributed by atoms with Gasteiger partial charge < -0.3 is 4.98 Å². The van der Waals surface area contributed by atoms with E-state index in [9.17, 15) is 4.79 Å². The number of H-pyrrole nitrogens is 1. The molecular weight excluding hydrogens is 316 g/mol. The van der Waals surface area contributed by atoms with Crippen molar-refractivity contribution in [1.29, 1.82) is 0 Å². The van der Waals surface area contributed by atoms with Crippen molar-refractivity contribution in [2.45, 2.75) is 12.1 Å². The molecule has 22 heavy (non-hydrogen) atoms. The second-order valence-electron chi connectivity index (χ2n) is 4.61. The number of benzene rings is 1. The van der Waals surface area contributed by atoms with E-state index in [1.54, 1.807) is 17.6 Å². The zero-order valence-electron chi connectivity index (χ0n) is 11.9. The molecule has 1 amide bonds. The summed E-state index contributed by atoms with van der Waals surface area (Å²) in [7, 11) is 0. The summed E-state index contributed by atoms with van der Waals surface area (Å²) >= 11 is 2.95. The minimum absolute atomic E-state index is 0.157. The summed E-state index contributed by atoms with van der Waals surface area (Å²) in [5.41, 5.74) is 5.55. The average Bonchev–Trinajstić information content (AvgIpc) is 3.11. The van der Waals surface area contributed by atoms with Gasteiger partial charge in [0.2, 0.25) is 0 Å². The van der Waals surface area contributed by atoms with Gasteiger partial charge in [0.25, 0.3) is 5.91 Å². The van der Waals surface area contributed by atoms with Gasteiger partial charge in [0.15, 0.2) is 5.16 Å². The summed E-state index contributed by atoms with van der Waals surface area (Å²) in [5.74, 6) is 0.108. The van der Waals surface area contributed by atoms with E-state index in [1.807, 2.05) is 42.6 Å². The van der Waals surface area contributed by atoms with Crippen molar-refractivity contribution < 1.29 is 4.79 Å². The minimum Gasteiger partial charge on any atom is -0.333 e. The first kappa shape index (κ1) is 14.8. The van der Waals surface area contributed by atoms with E-state index < -0.39 is 0 Å². The molecule has 112 valence electrons. The second kappa shape index (κ2) is 6.76. The molecule has 0 aliphatic rings. The summed E-state index contributed by atoms with van der Waals surface area (Å²) in [4.78, 5) is 20.4. The van der Waals surface area contributed by atoms with Crippen molar-refractivity contribution >= 4 is 46.3 Å². The highest BCUT2D eigenvalue weighted by atomic mass is 32.2. The Labute approximate surface area is 135 Å². The van der Waals surface area contributed by atoms with Gasteiger partial charge in [0.05, 0.1) is 23.0 Å². The van der Waals surface area contributed by atoms with E-state index in [0.29, 0.717) is 0 Å². The predicted molar refractivity (Wildman–Crippen MR) is 91.6 cm³/mol. The third kappa shape index (κ3) is 3.55. The fourth-order valence-corrected chi connectivity index (χ4v) is 3.31. The van der Waals surface area contributed by atoms with Crippen molar-refractivity contribution in [1.82, 2.24) is 15.4 Å². The molecule has 0 bridgehead atoms. The Kier molecular flexibility index (Phi) is 4.55. The lowest BCUT2D eigenvalue weighted by atomic mass is 10.3. The highest BCUT2D eigenvalue weighted by Crippen LogP contribution is 2.18. The van der Waals surface area contributed by atoms with Crippen molar-refractivity contribution in [2.75, 3.05) is 5.75 Å². The lowest BCUT2D eigenvalue weighted by molar-refractivity contribution is -0.118. The molecule has 2 N–H and O–H groups in total. The Morgan fingerprint density at radius 2 is 2.32 bits per heavy atom. The Bertz CT molecular complexity index is 789. The number of rotatable bonds is 5. The van der Waals surface area contributed by atoms with Gasteiger partial charge in [-0.1, -0.05) is 23.9 Å². The van der Waals surface area contributed by atoms with Crippen LogP contribution in [0.4, 0.5) is 0 Å². The van der Waals surface area contributed by atoms with Crippen LogP contribution in [0, 0.1) is 6.92 Å². The SMILES string of the molecule is Cc1ccsc1/C=N\NC(=O)CSc1nc2ccccc2[nH]1. The van der Waals surface area contributed by atoms with Gasteiger partial charge in [-0.2, -0.15) is 5.10 Å². The summed E-state index contributed by atoms with van der Waals surface area (Å²) in [5, 5.41) is 6.70. The zero-order chi connectivity index (χ0) is 15.4. The number of amides is 1. The fraction of sp³-hybridized carbons (Fsp3) is 0.133. The number of aryl methyl sites for hydroxylation is 1. The minimum atomic E-state index is -0.157. The lowest BCUT2D eigenvalue weighted by Crippen LogP contribution is -2.19. The number of aromatic nitrogens is 2. The standard InChI is InChI=1S/C15H14N4OS2/c1-10-6-7-21-13(10)8-16-19-14(20)9-22-15-17-11-4-2-3-5-12(11)18-15/h2-8H,9H2,1H3,(H,17,18)(H,19,20)/b16-8-. The molecule has 0 spiro atoms. The number of fused-ring (bicyclic) bond motifs is 1. The first-order chi connectivity index (χ1) is 10.7. The van der Waals surface area contributed by atoms with Crippen molar-refractivity contribution in [3.05, 3.63) is 46.2 Å². The largest absolute Gasteiger partial charge is 0.333 e. The first-order valence-corrected chi connectivity index (χ1v) is 8.52. The third-order valence-corrected chi connectivity index (χ3v) is 4.81. The quantitative estimate of drug-likeness (QED) is 0.429. The van der Waals surface area contributed by atoms with Crippen LogP contribution in [0.1, 0.15) is 10.4 Å². The number of hydrogen-bond acceptors (Lipinski definition) is 5. The number of nitrogens with zero attached hydrogens (tertiary/aromatic N) is 2. The summed E-state index contributed by atoms with van der Waals surface area (Å²) in [6, 6.07) is 9.80. The van der Waals surface area contributed by atoms with E-state index in [4.69, 9.17) is 0 Å². The molecule has 0 aliphatic carbocycles. The van der Waals surface area contributed by atoms with Crippen LogP contribution in [-0.2, 0) is 4.79 Å². The van der Waals surface area contributed by atoms with Gasteiger partial charge in [-0.25, -0.2) is 10.4 Å². The van der Waals surface area contributed by atoms with Gasteiger partial charge in [-0.15, -0.1) is 11.3 Å². The molecule has 0 unspecified atom stereocenters. The Morgan fingerprint density at radius 3 is 3.09 bits per heavy atom. The fourth-order valence-electron chi connectivity index (χ4n) is 1.84. The molecular formula is C15H14N4OS2. The summed E-state index contributed by atoms with van der Waals surface area (Å²) in [6.45, 7) is 2.01. The number of carbonyl (C=O) groups excluding carboxylic acids is 1.